The number of anilines is 2. The molecule has 0 heterocycles. The highest BCUT2D eigenvalue weighted by atomic mass is 15.1. The van der Waals surface area contributed by atoms with Crippen LogP contribution in [-0.2, 0) is 0 Å². The summed E-state index contributed by atoms with van der Waals surface area (Å²) in [6, 6.07) is 18.1. The second-order valence-electron chi connectivity index (χ2n) is 7.63. The number of rotatable bonds is 10. The lowest BCUT2D eigenvalue weighted by Gasteiger charge is -2.25. The lowest BCUT2D eigenvalue weighted by atomic mass is 9.93. The van der Waals surface area contributed by atoms with Gasteiger partial charge in [0.05, 0.1) is 0 Å². The van der Waals surface area contributed by atoms with Gasteiger partial charge in [-0.15, -0.1) is 26.3 Å². The van der Waals surface area contributed by atoms with Crippen molar-refractivity contribution in [2.75, 3.05) is 36.0 Å². The molecule has 4 aromatic carbocycles. The number of benzene rings is 4. The maximum absolute atomic E-state index is 3.91. The Morgan fingerprint density at radius 1 is 0.500 bits per heavy atom. The zero-order valence-corrected chi connectivity index (χ0v) is 17.5. The van der Waals surface area contributed by atoms with Crippen molar-refractivity contribution in [3.8, 4) is 0 Å². The van der Waals surface area contributed by atoms with E-state index in [4.69, 9.17) is 0 Å². The highest BCUT2D eigenvalue weighted by Crippen LogP contribution is 2.39. The first-order chi connectivity index (χ1) is 14.7. The second-order valence-corrected chi connectivity index (χ2v) is 7.63. The molecule has 0 fully saturated rings. The molecule has 0 aliphatic rings. The van der Waals surface area contributed by atoms with Gasteiger partial charge in [0, 0.05) is 37.6 Å². The van der Waals surface area contributed by atoms with E-state index in [0.29, 0.717) is 0 Å². The molecule has 4 rings (SSSR count). The van der Waals surface area contributed by atoms with Crippen LogP contribution in [0.4, 0.5) is 11.4 Å². The van der Waals surface area contributed by atoms with E-state index in [1.807, 2.05) is 24.3 Å². The van der Waals surface area contributed by atoms with Gasteiger partial charge in [-0.05, 0) is 56.6 Å². The molecule has 0 saturated carbocycles. The first kappa shape index (κ1) is 19.8. The summed E-state index contributed by atoms with van der Waals surface area (Å²) in [7, 11) is 0. The zero-order valence-electron chi connectivity index (χ0n) is 17.5. The van der Waals surface area contributed by atoms with E-state index >= 15 is 0 Å². The van der Waals surface area contributed by atoms with Gasteiger partial charge in [0.2, 0.25) is 0 Å². The Morgan fingerprint density at radius 2 is 0.767 bits per heavy atom. The Bertz CT molecular complexity index is 1050. The van der Waals surface area contributed by atoms with Crippen LogP contribution in [-0.4, -0.2) is 26.2 Å². The minimum absolute atomic E-state index is 0.797. The van der Waals surface area contributed by atoms with Crippen molar-refractivity contribution in [1.82, 2.24) is 0 Å². The summed E-state index contributed by atoms with van der Waals surface area (Å²) >= 11 is 0. The summed E-state index contributed by atoms with van der Waals surface area (Å²) in [5.74, 6) is 0. The summed E-state index contributed by atoms with van der Waals surface area (Å²) in [5, 5.41) is 7.72. The monoisotopic (exact) mass is 392 g/mol. The SMILES string of the molecule is C=CCN(CC=C)c1cc2ccc3cc(N(CC=C)CC=C)cc4ccc(c1)c2c34. The molecular weight excluding hydrogens is 364 g/mol. The summed E-state index contributed by atoms with van der Waals surface area (Å²) in [5.41, 5.74) is 2.40. The van der Waals surface area contributed by atoms with Gasteiger partial charge >= 0.3 is 0 Å². The van der Waals surface area contributed by atoms with Gasteiger partial charge in [0.15, 0.2) is 0 Å². The largest absolute Gasteiger partial charge is 0.364 e. The van der Waals surface area contributed by atoms with Gasteiger partial charge in [-0.25, -0.2) is 0 Å². The third-order valence-electron chi connectivity index (χ3n) is 5.63. The van der Waals surface area contributed by atoms with Crippen molar-refractivity contribution in [3.63, 3.8) is 0 Å². The van der Waals surface area contributed by atoms with Crippen LogP contribution >= 0.6 is 0 Å². The zero-order chi connectivity index (χ0) is 21.1. The quantitative estimate of drug-likeness (QED) is 0.213. The van der Waals surface area contributed by atoms with E-state index in [-0.39, 0.29) is 0 Å². The van der Waals surface area contributed by atoms with E-state index in [1.165, 1.54) is 43.7 Å². The molecule has 30 heavy (non-hydrogen) atoms. The molecule has 2 heteroatoms. The van der Waals surface area contributed by atoms with Crippen molar-refractivity contribution >= 4 is 43.7 Å². The topological polar surface area (TPSA) is 6.48 Å². The summed E-state index contributed by atoms with van der Waals surface area (Å²) < 4.78 is 0. The van der Waals surface area contributed by atoms with Crippen LogP contribution in [0.1, 0.15) is 0 Å². The maximum atomic E-state index is 3.91. The average Bonchev–Trinajstić information content (AvgIpc) is 2.76. The van der Waals surface area contributed by atoms with Gasteiger partial charge < -0.3 is 9.80 Å². The average molecular weight is 393 g/mol. The molecule has 0 unspecified atom stereocenters. The van der Waals surface area contributed by atoms with Crippen LogP contribution in [0.3, 0.4) is 0 Å². The Hall–Kier alpha value is -3.52. The third-order valence-corrected chi connectivity index (χ3v) is 5.63. The van der Waals surface area contributed by atoms with Gasteiger partial charge in [0.1, 0.15) is 0 Å². The molecule has 0 spiro atoms. The van der Waals surface area contributed by atoms with Crippen molar-refractivity contribution in [1.29, 1.82) is 0 Å². The molecule has 2 nitrogen and oxygen atoms in total. The molecule has 150 valence electrons. The number of hydrogen-bond donors (Lipinski definition) is 0. The summed E-state index contributed by atoms with van der Waals surface area (Å²) in [6.07, 6.45) is 7.75. The van der Waals surface area contributed by atoms with Crippen LogP contribution in [0.25, 0.3) is 32.3 Å². The molecule has 0 amide bonds. The number of nitrogens with zero attached hydrogens (tertiary/aromatic N) is 2. The predicted octanol–water partition coefficient (Wildman–Crippen LogP) is 6.94. The molecule has 0 radical (unpaired) electrons. The molecule has 0 saturated heterocycles. The Labute approximate surface area is 179 Å². The van der Waals surface area contributed by atoms with Crippen LogP contribution in [0.15, 0.2) is 99.2 Å². The van der Waals surface area contributed by atoms with Crippen LogP contribution in [0.2, 0.25) is 0 Å². The molecule has 0 atom stereocenters. The fraction of sp³-hybridized carbons (Fsp3) is 0.143. The van der Waals surface area contributed by atoms with Crippen molar-refractivity contribution in [2.24, 2.45) is 0 Å². The van der Waals surface area contributed by atoms with E-state index in [0.717, 1.165) is 26.2 Å². The summed E-state index contributed by atoms with van der Waals surface area (Å²) in [4.78, 5) is 4.57. The lowest BCUT2D eigenvalue weighted by Crippen LogP contribution is -2.23. The van der Waals surface area contributed by atoms with Crippen molar-refractivity contribution in [3.05, 3.63) is 99.2 Å². The van der Waals surface area contributed by atoms with Crippen LogP contribution < -0.4 is 9.80 Å². The highest BCUT2D eigenvalue weighted by molar-refractivity contribution is 6.24. The van der Waals surface area contributed by atoms with Crippen LogP contribution in [0.5, 0.6) is 0 Å². The smallest absolute Gasteiger partial charge is 0.0384 e. The fourth-order valence-corrected chi connectivity index (χ4v) is 4.36. The molecule has 4 aromatic rings. The lowest BCUT2D eigenvalue weighted by molar-refractivity contribution is 0.959. The van der Waals surface area contributed by atoms with Gasteiger partial charge in [-0.1, -0.05) is 48.6 Å². The minimum Gasteiger partial charge on any atom is -0.364 e. The fourth-order valence-electron chi connectivity index (χ4n) is 4.36. The molecule has 0 aliphatic carbocycles. The van der Waals surface area contributed by atoms with E-state index in [2.05, 4.69) is 84.6 Å². The third kappa shape index (κ3) is 3.46. The maximum Gasteiger partial charge on any atom is 0.0384 e. The second kappa shape index (κ2) is 8.46. The van der Waals surface area contributed by atoms with E-state index in [9.17, 15) is 0 Å². The minimum atomic E-state index is 0.797. The normalized spacial score (nSPS) is 11.1. The van der Waals surface area contributed by atoms with Crippen LogP contribution in [0, 0.1) is 0 Å². The first-order valence-electron chi connectivity index (χ1n) is 10.4. The Kier molecular flexibility index (Phi) is 5.58. The highest BCUT2D eigenvalue weighted by Gasteiger charge is 2.14. The van der Waals surface area contributed by atoms with Gasteiger partial charge in [-0.3, -0.25) is 0 Å². The first-order valence-corrected chi connectivity index (χ1v) is 10.4. The Morgan fingerprint density at radius 3 is 1.00 bits per heavy atom. The van der Waals surface area contributed by atoms with Crippen molar-refractivity contribution < 1.29 is 0 Å². The predicted molar refractivity (Wildman–Crippen MR) is 135 cm³/mol. The molecule has 0 bridgehead atoms. The van der Waals surface area contributed by atoms with E-state index in [1.54, 1.807) is 0 Å². The molecular formula is C28H28N2. The molecule has 0 aromatic heterocycles. The van der Waals surface area contributed by atoms with E-state index < -0.39 is 0 Å². The van der Waals surface area contributed by atoms with Gasteiger partial charge in [-0.2, -0.15) is 0 Å². The molecule has 0 N–H and O–H groups in total. The van der Waals surface area contributed by atoms with Gasteiger partial charge in [0.25, 0.3) is 0 Å². The Balaban J connectivity index is 1.91. The van der Waals surface area contributed by atoms with Crippen molar-refractivity contribution in [2.45, 2.75) is 0 Å². The summed E-state index contributed by atoms with van der Waals surface area (Å²) in [6.45, 7) is 18.8. The standard InChI is InChI=1S/C28H28N2/c1-5-13-29(14-6-2)25-17-21-9-11-23-19-26(30(15-7-3)16-8-4)20-24-12-10-22(18-25)27(21)28(23)24/h5-12,17-20H,1-4,13-16H2. The molecule has 0 aliphatic heterocycles. The number of hydrogen-bond acceptors (Lipinski definition) is 2.